The number of carbonyl (C=O) groups is 1. The standard InChI is InChI=1S/C20H22Cl2N2O3S/c21-16-8-10-17(11-9-16)28(26,27)24-14-4-3-7-19(24)20(25)23-13-12-15-5-1-2-6-18(15)22/h1-2,5-6,8-11,19H,3-4,7,12-14H2,(H,23,25). The van der Waals surface area contributed by atoms with Crippen LogP contribution >= 0.6 is 23.2 Å². The zero-order valence-corrected chi connectivity index (χ0v) is 17.6. The average molecular weight is 441 g/mol. The topological polar surface area (TPSA) is 66.5 Å². The summed E-state index contributed by atoms with van der Waals surface area (Å²) in [7, 11) is -3.76. The van der Waals surface area contributed by atoms with Gasteiger partial charge in [-0.05, 0) is 55.2 Å². The molecule has 3 rings (SSSR count). The predicted molar refractivity (Wildman–Crippen MR) is 111 cm³/mol. The van der Waals surface area contributed by atoms with Crippen LogP contribution in [0.3, 0.4) is 0 Å². The second kappa shape index (κ2) is 9.27. The molecule has 0 bridgehead atoms. The van der Waals surface area contributed by atoms with Gasteiger partial charge in [0.1, 0.15) is 6.04 Å². The summed E-state index contributed by atoms with van der Waals surface area (Å²) in [6.07, 6.45) is 2.64. The summed E-state index contributed by atoms with van der Waals surface area (Å²) in [5.41, 5.74) is 0.943. The summed E-state index contributed by atoms with van der Waals surface area (Å²) in [6.45, 7) is 0.724. The van der Waals surface area contributed by atoms with Gasteiger partial charge in [0.2, 0.25) is 15.9 Å². The maximum absolute atomic E-state index is 13.0. The Hall–Kier alpha value is -1.60. The van der Waals surface area contributed by atoms with Gasteiger partial charge in [0.15, 0.2) is 0 Å². The largest absolute Gasteiger partial charge is 0.354 e. The number of rotatable bonds is 6. The van der Waals surface area contributed by atoms with E-state index in [1.165, 1.54) is 28.6 Å². The highest BCUT2D eigenvalue weighted by molar-refractivity contribution is 7.89. The van der Waals surface area contributed by atoms with Crippen molar-refractivity contribution in [1.29, 1.82) is 0 Å². The fourth-order valence-corrected chi connectivity index (χ4v) is 5.35. The third-order valence-electron chi connectivity index (χ3n) is 4.83. The van der Waals surface area contributed by atoms with Gasteiger partial charge < -0.3 is 5.32 Å². The van der Waals surface area contributed by atoms with Crippen molar-refractivity contribution in [1.82, 2.24) is 9.62 Å². The summed E-state index contributed by atoms with van der Waals surface area (Å²) < 4.78 is 27.4. The molecule has 0 radical (unpaired) electrons. The van der Waals surface area contributed by atoms with E-state index < -0.39 is 16.1 Å². The van der Waals surface area contributed by atoms with Crippen LogP contribution in [0.15, 0.2) is 53.4 Å². The Morgan fingerprint density at radius 3 is 2.50 bits per heavy atom. The van der Waals surface area contributed by atoms with Crippen molar-refractivity contribution in [2.75, 3.05) is 13.1 Å². The van der Waals surface area contributed by atoms with Gasteiger partial charge in [-0.15, -0.1) is 0 Å². The molecule has 1 aliphatic rings. The minimum absolute atomic E-state index is 0.146. The minimum atomic E-state index is -3.76. The molecule has 1 amide bonds. The van der Waals surface area contributed by atoms with Gasteiger partial charge in [-0.3, -0.25) is 4.79 Å². The van der Waals surface area contributed by atoms with E-state index >= 15 is 0 Å². The maximum Gasteiger partial charge on any atom is 0.243 e. The molecule has 2 aromatic rings. The van der Waals surface area contributed by atoms with E-state index in [0.717, 1.165) is 18.4 Å². The number of benzene rings is 2. The molecule has 28 heavy (non-hydrogen) atoms. The third-order valence-corrected chi connectivity index (χ3v) is 7.37. The lowest BCUT2D eigenvalue weighted by molar-refractivity contribution is -0.125. The summed E-state index contributed by atoms with van der Waals surface area (Å²) >= 11 is 12.0. The first-order chi connectivity index (χ1) is 13.4. The van der Waals surface area contributed by atoms with Gasteiger partial charge >= 0.3 is 0 Å². The maximum atomic E-state index is 13.0. The quantitative estimate of drug-likeness (QED) is 0.740. The highest BCUT2D eigenvalue weighted by Gasteiger charge is 2.37. The summed E-state index contributed by atoms with van der Waals surface area (Å²) in [4.78, 5) is 12.9. The first-order valence-electron chi connectivity index (χ1n) is 9.18. The fraction of sp³-hybridized carbons (Fsp3) is 0.350. The Bertz CT molecular complexity index is 933. The number of nitrogens with zero attached hydrogens (tertiary/aromatic N) is 1. The first-order valence-corrected chi connectivity index (χ1v) is 11.4. The smallest absolute Gasteiger partial charge is 0.243 e. The molecule has 2 aromatic carbocycles. The molecular formula is C20H22Cl2N2O3S. The molecule has 1 unspecified atom stereocenters. The Kier molecular flexibility index (Phi) is 6.99. The second-order valence-corrected chi connectivity index (χ2v) is 9.45. The number of carbonyl (C=O) groups excluding carboxylic acids is 1. The van der Waals surface area contributed by atoms with Crippen LogP contribution in [-0.4, -0.2) is 37.8 Å². The molecule has 0 aromatic heterocycles. The molecule has 8 heteroatoms. The van der Waals surface area contributed by atoms with E-state index in [0.29, 0.717) is 36.0 Å². The van der Waals surface area contributed by atoms with Crippen molar-refractivity contribution in [3.8, 4) is 0 Å². The van der Waals surface area contributed by atoms with E-state index in [9.17, 15) is 13.2 Å². The number of amides is 1. The van der Waals surface area contributed by atoms with Gasteiger partial charge in [0.05, 0.1) is 4.90 Å². The zero-order valence-electron chi connectivity index (χ0n) is 15.3. The van der Waals surface area contributed by atoms with Gasteiger partial charge in [-0.1, -0.05) is 47.8 Å². The summed E-state index contributed by atoms with van der Waals surface area (Å²) in [6, 6.07) is 12.8. The van der Waals surface area contributed by atoms with Crippen LogP contribution in [0.2, 0.25) is 10.0 Å². The third kappa shape index (κ3) is 4.87. The van der Waals surface area contributed by atoms with Crippen molar-refractivity contribution in [2.45, 2.75) is 36.6 Å². The summed E-state index contributed by atoms with van der Waals surface area (Å²) in [5, 5.41) is 3.98. The molecule has 0 spiro atoms. The second-order valence-electron chi connectivity index (χ2n) is 6.71. The van der Waals surface area contributed by atoms with Crippen LogP contribution in [0, 0.1) is 0 Å². The number of halogens is 2. The molecule has 5 nitrogen and oxygen atoms in total. The molecule has 0 aliphatic carbocycles. The van der Waals surface area contributed by atoms with Crippen LogP contribution < -0.4 is 5.32 Å². The van der Waals surface area contributed by atoms with Crippen LogP contribution in [0.25, 0.3) is 0 Å². The Morgan fingerprint density at radius 1 is 1.07 bits per heavy atom. The van der Waals surface area contributed by atoms with Gasteiger partial charge in [0, 0.05) is 23.1 Å². The molecule has 0 saturated carbocycles. The number of nitrogens with one attached hydrogen (secondary N) is 1. The van der Waals surface area contributed by atoms with Crippen molar-refractivity contribution in [3.63, 3.8) is 0 Å². The van der Waals surface area contributed by atoms with Gasteiger partial charge in [0.25, 0.3) is 0 Å². The van der Waals surface area contributed by atoms with Crippen LogP contribution in [0.5, 0.6) is 0 Å². The Labute approximate surface area is 175 Å². The van der Waals surface area contributed by atoms with Gasteiger partial charge in [-0.25, -0.2) is 8.42 Å². The molecule has 1 atom stereocenters. The van der Waals surface area contributed by atoms with E-state index in [2.05, 4.69) is 5.32 Å². The number of piperidine rings is 1. The lowest BCUT2D eigenvalue weighted by atomic mass is 10.0. The van der Waals surface area contributed by atoms with Crippen molar-refractivity contribution in [2.24, 2.45) is 0 Å². The molecule has 150 valence electrons. The molecule has 1 aliphatic heterocycles. The van der Waals surface area contributed by atoms with Crippen molar-refractivity contribution >= 4 is 39.1 Å². The molecule has 1 heterocycles. The minimum Gasteiger partial charge on any atom is -0.354 e. The van der Waals surface area contributed by atoms with E-state index in [1.807, 2.05) is 18.2 Å². The fourth-order valence-electron chi connectivity index (χ4n) is 3.34. The average Bonchev–Trinajstić information content (AvgIpc) is 2.69. The van der Waals surface area contributed by atoms with E-state index in [-0.39, 0.29) is 10.8 Å². The number of sulfonamides is 1. The zero-order chi connectivity index (χ0) is 20.1. The highest BCUT2D eigenvalue weighted by atomic mass is 35.5. The predicted octanol–water partition coefficient (Wildman–Crippen LogP) is 3.90. The van der Waals surface area contributed by atoms with Crippen LogP contribution in [0.4, 0.5) is 0 Å². The van der Waals surface area contributed by atoms with Crippen LogP contribution in [0.1, 0.15) is 24.8 Å². The van der Waals surface area contributed by atoms with E-state index in [1.54, 1.807) is 6.07 Å². The Morgan fingerprint density at radius 2 is 1.79 bits per heavy atom. The van der Waals surface area contributed by atoms with Crippen molar-refractivity contribution in [3.05, 3.63) is 64.1 Å². The summed E-state index contributed by atoms with van der Waals surface area (Å²) in [5.74, 6) is -0.274. The SMILES string of the molecule is O=C(NCCc1ccccc1Cl)C1CCCCN1S(=O)(=O)c1ccc(Cl)cc1. The molecule has 1 saturated heterocycles. The molecule has 1 fully saturated rings. The monoisotopic (exact) mass is 440 g/mol. The van der Waals surface area contributed by atoms with E-state index in [4.69, 9.17) is 23.2 Å². The lowest BCUT2D eigenvalue weighted by Gasteiger charge is -2.33. The first kappa shape index (κ1) is 21.1. The van der Waals surface area contributed by atoms with Crippen molar-refractivity contribution < 1.29 is 13.2 Å². The number of hydrogen-bond acceptors (Lipinski definition) is 3. The van der Waals surface area contributed by atoms with Crippen LogP contribution in [-0.2, 0) is 21.2 Å². The Balaban J connectivity index is 1.69. The molecular weight excluding hydrogens is 419 g/mol. The highest BCUT2D eigenvalue weighted by Crippen LogP contribution is 2.26. The number of hydrogen-bond donors (Lipinski definition) is 1. The molecule has 1 N–H and O–H groups in total. The lowest BCUT2D eigenvalue weighted by Crippen LogP contribution is -2.52. The van der Waals surface area contributed by atoms with Gasteiger partial charge in [-0.2, -0.15) is 4.31 Å². The normalized spacial score (nSPS) is 18.0.